The van der Waals surface area contributed by atoms with E-state index < -0.39 is 8.07 Å². The van der Waals surface area contributed by atoms with E-state index in [0.717, 1.165) is 18.9 Å². The first-order chi connectivity index (χ1) is 8.19. The number of allylic oxidation sites excluding steroid dienone is 3. The molecule has 0 N–H and O–H groups in total. The lowest BCUT2D eigenvalue weighted by Crippen LogP contribution is -2.25. The summed E-state index contributed by atoms with van der Waals surface area (Å²) in [5, 5.41) is 1.51. The van der Waals surface area contributed by atoms with Gasteiger partial charge in [0.2, 0.25) is 5.90 Å². The molecule has 0 fully saturated rings. The Morgan fingerprint density at radius 3 is 2.44 bits per heavy atom. The van der Waals surface area contributed by atoms with E-state index >= 15 is 0 Å². The van der Waals surface area contributed by atoms with Crippen molar-refractivity contribution in [3.8, 4) is 0 Å². The van der Waals surface area contributed by atoms with E-state index in [1.54, 1.807) is 0 Å². The molecular weight excluding hydrogens is 238 g/mol. The van der Waals surface area contributed by atoms with Crippen molar-refractivity contribution in [2.24, 2.45) is 10.4 Å². The minimum atomic E-state index is -1.29. The number of nitrogens with zero attached hydrogens (tertiary/aromatic N) is 1. The Morgan fingerprint density at radius 1 is 1.28 bits per heavy atom. The van der Waals surface area contributed by atoms with Crippen LogP contribution < -0.4 is 0 Å². The summed E-state index contributed by atoms with van der Waals surface area (Å²) in [6.45, 7) is 14.6. The van der Waals surface area contributed by atoms with Gasteiger partial charge in [-0.05, 0) is 11.8 Å². The third-order valence-electron chi connectivity index (χ3n) is 3.65. The highest BCUT2D eigenvalue weighted by Crippen LogP contribution is 2.33. The highest BCUT2D eigenvalue weighted by Gasteiger charge is 2.34. The maximum absolute atomic E-state index is 5.88. The van der Waals surface area contributed by atoms with E-state index in [4.69, 9.17) is 9.73 Å². The van der Waals surface area contributed by atoms with E-state index in [1.807, 2.05) is 0 Å². The summed E-state index contributed by atoms with van der Waals surface area (Å²) in [7, 11) is -1.29. The Kier molecular flexibility index (Phi) is 3.30. The summed E-state index contributed by atoms with van der Waals surface area (Å²) in [5.41, 5.74) is 1.54. The van der Waals surface area contributed by atoms with Crippen LogP contribution in [0.25, 0.3) is 0 Å². The predicted molar refractivity (Wildman–Crippen MR) is 80.8 cm³/mol. The van der Waals surface area contributed by atoms with Crippen LogP contribution in [-0.2, 0) is 4.74 Å². The molecule has 2 aliphatic rings. The number of hydrogen-bond donors (Lipinski definition) is 0. The van der Waals surface area contributed by atoms with Crippen LogP contribution in [-0.4, -0.2) is 26.6 Å². The largest absolute Gasteiger partial charge is 0.475 e. The highest BCUT2D eigenvalue weighted by molar-refractivity contribution is 6.84. The zero-order chi connectivity index (χ0) is 13.6. The fourth-order valence-electron chi connectivity index (χ4n) is 2.39. The third kappa shape index (κ3) is 2.61. The number of hydrogen-bond acceptors (Lipinski definition) is 2. The van der Waals surface area contributed by atoms with Crippen LogP contribution in [0.3, 0.4) is 0 Å². The maximum Gasteiger partial charge on any atom is 0.212 e. The van der Waals surface area contributed by atoms with Crippen LogP contribution in [0.2, 0.25) is 19.6 Å². The molecule has 0 aromatic rings. The standard InChI is InChI=1S/C15H25NOSi/c1-15(2,3)13-10-17-14(16-13)11-8-7-9-12(11)18(4,5)6/h7,9,13H,8,10H2,1-6H3/t13-/m1/s1. The highest BCUT2D eigenvalue weighted by atomic mass is 28.3. The van der Waals surface area contributed by atoms with Crippen molar-refractivity contribution in [2.45, 2.75) is 52.9 Å². The van der Waals surface area contributed by atoms with Gasteiger partial charge in [0, 0.05) is 5.57 Å². The molecule has 0 saturated heterocycles. The fourth-order valence-corrected chi connectivity index (χ4v) is 4.13. The number of rotatable bonds is 2. The minimum absolute atomic E-state index is 0.188. The van der Waals surface area contributed by atoms with Crippen molar-refractivity contribution < 1.29 is 4.74 Å². The number of ether oxygens (including phenoxy) is 1. The minimum Gasteiger partial charge on any atom is -0.475 e. The van der Waals surface area contributed by atoms with Crippen molar-refractivity contribution in [1.29, 1.82) is 0 Å². The zero-order valence-electron chi connectivity index (χ0n) is 12.5. The Bertz CT molecular complexity index is 432. The average molecular weight is 263 g/mol. The first-order valence-corrected chi connectivity index (χ1v) is 10.3. The zero-order valence-corrected chi connectivity index (χ0v) is 13.5. The molecule has 100 valence electrons. The lowest BCUT2D eigenvalue weighted by Gasteiger charge is -2.21. The molecule has 0 bridgehead atoms. The molecule has 0 aromatic heterocycles. The first-order valence-electron chi connectivity index (χ1n) is 6.81. The lowest BCUT2D eigenvalue weighted by molar-refractivity contribution is 0.235. The molecule has 1 heterocycles. The van der Waals surface area contributed by atoms with Crippen molar-refractivity contribution in [1.82, 2.24) is 0 Å². The number of aliphatic imine (C=N–C) groups is 1. The predicted octanol–water partition coefficient (Wildman–Crippen LogP) is 3.96. The molecule has 0 aromatic carbocycles. The summed E-state index contributed by atoms with van der Waals surface area (Å²) < 4.78 is 5.88. The maximum atomic E-state index is 5.88. The quantitative estimate of drug-likeness (QED) is 0.691. The summed E-state index contributed by atoms with van der Waals surface area (Å²) in [4.78, 5) is 4.82. The second-order valence-electron chi connectivity index (χ2n) is 7.38. The average Bonchev–Trinajstić information content (AvgIpc) is 2.84. The van der Waals surface area contributed by atoms with Gasteiger partial charge >= 0.3 is 0 Å². The first kappa shape index (κ1) is 13.6. The van der Waals surface area contributed by atoms with Crippen molar-refractivity contribution in [2.75, 3.05) is 6.61 Å². The van der Waals surface area contributed by atoms with E-state index in [2.05, 4.69) is 52.6 Å². The molecule has 2 nitrogen and oxygen atoms in total. The van der Waals surface area contributed by atoms with Crippen LogP contribution in [0, 0.1) is 5.41 Å². The monoisotopic (exact) mass is 263 g/mol. The Labute approximate surface area is 112 Å². The molecule has 1 aliphatic carbocycles. The fraction of sp³-hybridized carbons (Fsp3) is 0.667. The molecule has 1 atom stereocenters. The van der Waals surface area contributed by atoms with Crippen LogP contribution >= 0.6 is 0 Å². The van der Waals surface area contributed by atoms with E-state index in [0.29, 0.717) is 6.04 Å². The van der Waals surface area contributed by atoms with Crippen molar-refractivity contribution in [3.63, 3.8) is 0 Å². The van der Waals surface area contributed by atoms with Gasteiger partial charge in [-0.15, -0.1) is 0 Å². The Hall–Kier alpha value is -0.833. The van der Waals surface area contributed by atoms with Gasteiger partial charge in [-0.3, -0.25) is 0 Å². The molecule has 0 spiro atoms. The van der Waals surface area contributed by atoms with Crippen LogP contribution in [0.5, 0.6) is 0 Å². The van der Waals surface area contributed by atoms with Gasteiger partial charge in [-0.1, -0.05) is 57.8 Å². The van der Waals surface area contributed by atoms with Gasteiger partial charge in [-0.25, -0.2) is 4.99 Å². The van der Waals surface area contributed by atoms with Crippen molar-refractivity contribution >= 4 is 14.0 Å². The summed E-state index contributed by atoms with van der Waals surface area (Å²) in [6, 6.07) is 0.295. The summed E-state index contributed by atoms with van der Waals surface area (Å²) >= 11 is 0. The van der Waals surface area contributed by atoms with Crippen LogP contribution in [0.15, 0.2) is 27.9 Å². The van der Waals surface area contributed by atoms with Gasteiger partial charge in [0.05, 0.1) is 14.1 Å². The molecule has 2 rings (SSSR count). The van der Waals surface area contributed by atoms with Gasteiger partial charge in [0.25, 0.3) is 0 Å². The SMILES string of the molecule is CC(C)(C)[C@H]1COC(C2=C([Si](C)(C)C)C=CC2)=N1. The Balaban J connectivity index is 2.29. The summed E-state index contributed by atoms with van der Waals surface area (Å²) in [5.74, 6) is 0.914. The molecule has 3 heteroatoms. The topological polar surface area (TPSA) is 21.6 Å². The molecular formula is C15H25NOSi. The molecule has 1 aliphatic heterocycles. The second kappa shape index (κ2) is 4.37. The molecule has 0 unspecified atom stereocenters. The van der Waals surface area contributed by atoms with Gasteiger partial charge in [-0.2, -0.15) is 0 Å². The van der Waals surface area contributed by atoms with E-state index in [-0.39, 0.29) is 5.41 Å². The lowest BCUT2D eigenvalue weighted by atomic mass is 9.88. The van der Waals surface area contributed by atoms with Crippen LogP contribution in [0.4, 0.5) is 0 Å². The summed E-state index contributed by atoms with van der Waals surface area (Å²) in [6.07, 6.45) is 5.53. The molecule has 0 radical (unpaired) electrons. The van der Waals surface area contributed by atoms with E-state index in [9.17, 15) is 0 Å². The normalized spacial score (nSPS) is 24.6. The van der Waals surface area contributed by atoms with Gasteiger partial charge < -0.3 is 4.74 Å². The molecule has 18 heavy (non-hydrogen) atoms. The van der Waals surface area contributed by atoms with E-state index in [1.165, 1.54) is 10.8 Å². The smallest absolute Gasteiger partial charge is 0.212 e. The van der Waals surface area contributed by atoms with Crippen LogP contribution in [0.1, 0.15) is 27.2 Å². The third-order valence-corrected chi connectivity index (χ3v) is 5.73. The second-order valence-corrected chi connectivity index (χ2v) is 12.4. The van der Waals surface area contributed by atoms with Crippen molar-refractivity contribution in [3.05, 3.63) is 22.9 Å². The molecule has 0 amide bonds. The Morgan fingerprint density at radius 2 is 1.94 bits per heavy atom. The van der Waals surface area contributed by atoms with Gasteiger partial charge in [0.1, 0.15) is 6.61 Å². The molecule has 0 saturated carbocycles. The van der Waals surface area contributed by atoms with Gasteiger partial charge in [0.15, 0.2) is 0 Å².